The predicted octanol–water partition coefficient (Wildman–Crippen LogP) is -0.157. The number of imide groups is 1. The van der Waals surface area contributed by atoms with E-state index < -0.39 is 6.03 Å². The summed E-state index contributed by atoms with van der Waals surface area (Å²) in [5, 5.41) is 4.74. The van der Waals surface area contributed by atoms with Crippen LogP contribution in [0.1, 0.15) is 12.8 Å². The van der Waals surface area contributed by atoms with Gasteiger partial charge in [-0.3, -0.25) is 15.0 Å². The average molecular weight is 277 g/mol. The lowest BCUT2D eigenvalue weighted by Crippen LogP contribution is -2.47. The molecule has 1 fully saturated rings. The average Bonchev–Trinajstić information content (AvgIpc) is 2.29. The molecule has 0 radical (unpaired) electrons. The Morgan fingerprint density at radius 3 is 2.56 bits per heavy atom. The fourth-order valence-corrected chi connectivity index (χ4v) is 1.69. The fraction of sp³-hybridized carbons (Fsp3) is 0.636. The van der Waals surface area contributed by atoms with Crippen molar-refractivity contribution >= 4 is 24.3 Å². The monoisotopic (exact) mass is 276 g/mol. The van der Waals surface area contributed by atoms with Gasteiger partial charge in [0.2, 0.25) is 5.91 Å². The second-order valence-electron chi connectivity index (χ2n) is 4.16. The van der Waals surface area contributed by atoms with Crippen molar-refractivity contribution in [2.75, 3.05) is 26.2 Å². The molecule has 1 heterocycles. The summed E-state index contributed by atoms with van der Waals surface area (Å²) < 4.78 is 0. The van der Waals surface area contributed by atoms with Crippen molar-refractivity contribution in [3.63, 3.8) is 0 Å². The van der Waals surface area contributed by atoms with Crippen LogP contribution in [-0.2, 0) is 4.79 Å². The SMILES string of the molecule is C=CCNC(=O)NC(=O)CN1CCC(N)CC1.Cl. The summed E-state index contributed by atoms with van der Waals surface area (Å²) in [6.07, 6.45) is 3.35. The Labute approximate surface area is 113 Å². The van der Waals surface area contributed by atoms with Gasteiger partial charge in [-0.1, -0.05) is 6.08 Å². The number of nitrogens with two attached hydrogens (primary N) is 1. The third kappa shape index (κ3) is 6.58. The van der Waals surface area contributed by atoms with Gasteiger partial charge in [0.15, 0.2) is 0 Å². The Morgan fingerprint density at radius 2 is 2.00 bits per heavy atom. The molecule has 0 unspecified atom stereocenters. The number of carbonyl (C=O) groups is 2. The van der Waals surface area contributed by atoms with Crippen molar-refractivity contribution < 1.29 is 9.59 Å². The van der Waals surface area contributed by atoms with E-state index in [0.717, 1.165) is 25.9 Å². The molecule has 0 spiro atoms. The molecule has 104 valence electrons. The molecular formula is C11H21ClN4O2. The lowest BCUT2D eigenvalue weighted by Gasteiger charge is -2.29. The van der Waals surface area contributed by atoms with E-state index in [1.165, 1.54) is 0 Å². The van der Waals surface area contributed by atoms with Gasteiger partial charge < -0.3 is 11.1 Å². The number of halogens is 1. The van der Waals surface area contributed by atoms with Gasteiger partial charge in [-0.25, -0.2) is 4.79 Å². The highest BCUT2D eigenvalue weighted by atomic mass is 35.5. The van der Waals surface area contributed by atoms with Gasteiger partial charge in [0.25, 0.3) is 0 Å². The zero-order chi connectivity index (χ0) is 12.7. The van der Waals surface area contributed by atoms with Crippen LogP contribution in [0.15, 0.2) is 12.7 Å². The Hall–Kier alpha value is -1.11. The minimum atomic E-state index is -0.483. The molecule has 1 aliphatic heterocycles. The number of amides is 3. The number of likely N-dealkylation sites (tertiary alicyclic amines) is 1. The highest BCUT2D eigenvalue weighted by Gasteiger charge is 2.18. The van der Waals surface area contributed by atoms with Crippen LogP contribution in [0, 0.1) is 0 Å². The first kappa shape index (κ1) is 16.9. The van der Waals surface area contributed by atoms with E-state index in [1.54, 1.807) is 6.08 Å². The predicted molar refractivity (Wildman–Crippen MR) is 72.6 cm³/mol. The number of rotatable bonds is 4. The molecule has 6 nitrogen and oxygen atoms in total. The van der Waals surface area contributed by atoms with E-state index >= 15 is 0 Å². The highest BCUT2D eigenvalue weighted by molar-refractivity contribution is 5.95. The van der Waals surface area contributed by atoms with Gasteiger partial charge >= 0.3 is 6.03 Å². The van der Waals surface area contributed by atoms with E-state index in [-0.39, 0.29) is 30.9 Å². The summed E-state index contributed by atoms with van der Waals surface area (Å²) in [7, 11) is 0. The molecule has 0 saturated carbocycles. The number of nitrogens with zero attached hydrogens (tertiary/aromatic N) is 1. The molecule has 0 aromatic rings. The van der Waals surface area contributed by atoms with Crippen LogP contribution in [-0.4, -0.2) is 49.1 Å². The number of hydrogen-bond acceptors (Lipinski definition) is 4. The molecule has 3 amide bonds. The van der Waals surface area contributed by atoms with E-state index in [0.29, 0.717) is 6.54 Å². The largest absolute Gasteiger partial charge is 0.334 e. The summed E-state index contributed by atoms with van der Waals surface area (Å²) in [4.78, 5) is 24.7. The molecule has 1 rings (SSSR count). The van der Waals surface area contributed by atoms with Crippen LogP contribution >= 0.6 is 12.4 Å². The third-order valence-electron chi connectivity index (χ3n) is 2.66. The van der Waals surface area contributed by atoms with E-state index in [1.807, 2.05) is 4.90 Å². The zero-order valence-electron chi connectivity index (χ0n) is 10.4. The molecule has 4 N–H and O–H groups in total. The highest BCUT2D eigenvalue weighted by Crippen LogP contribution is 2.06. The maximum atomic E-state index is 11.5. The van der Waals surface area contributed by atoms with Gasteiger partial charge in [-0.05, 0) is 12.8 Å². The second-order valence-corrected chi connectivity index (χ2v) is 4.16. The lowest BCUT2D eigenvalue weighted by atomic mass is 10.1. The first-order chi connectivity index (χ1) is 8.11. The maximum Gasteiger partial charge on any atom is 0.321 e. The Bertz CT molecular complexity index is 291. The molecule has 0 aromatic carbocycles. The molecule has 0 atom stereocenters. The quantitative estimate of drug-likeness (QED) is 0.623. The summed E-state index contributed by atoms with van der Waals surface area (Å²) >= 11 is 0. The van der Waals surface area contributed by atoms with E-state index in [4.69, 9.17) is 5.73 Å². The molecule has 0 aromatic heterocycles. The van der Waals surface area contributed by atoms with Crippen LogP contribution in [0.2, 0.25) is 0 Å². The van der Waals surface area contributed by atoms with Crippen LogP contribution < -0.4 is 16.4 Å². The summed E-state index contributed by atoms with van der Waals surface area (Å²) in [5.41, 5.74) is 5.76. The maximum absolute atomic E-state index is 11.5. The first-order valence-electron chi connectivity index (χ1n) is 5.78. The van der Waals surface area contributed by atoms with Crippen molar-refractivity contribution in [2.45, 2.75) is 18.9 Å². The number of nitrogens with one attached hydrogen (secondary N) is 2. The molecule has 0 aliphatic carbocycles. The minimum Gasteiger partial charge on any atom is -0.334 e. The smallest absolute Gasteiger partial charge is 0.321 e. The minimum absolute atomic E-state index is 0. The van der Waals surface area contributed by atoms with Crippen molar-refractivity contribution in [2.24, 2.45) is 5.73 Å². The molecule has 18 heavy (non-hydrogen) atoms. The van der Waals surface area contributed by atoms with Crippen molar-refractivity contribution in [1.29, 1.82) is 0 Å². The number of hydrogen-bond donors (Lipinski definition) is 3. The summed E-state index contributed by atoms with van der Waals surface area (Å²) in [6, 6.07) is -0.242. The van der Waals surface area contributed by atoms with Gasteiger partial charge in [0, 0.05) is 25.7 Å². The van der Waals surface area contributed by atoms with Crippen LogP contribution in [0.3, 0.4) is 0 Å². The van der Waals surface area contributed by atoms with Gasteiger partial charge in [-0.2, -0.15) is 0 Å². The summed E-state index contributed by atoms with van der Waals surface area (Å²) in [6.45, 7) is 5.67. The number of urea groups is 1. The van der Waals surface area contributed by atoms with Crippen molar-refractivity contribution in [3.05, 3.63) is 12.7 Å². The second kappa shape index (κ2) is 8.91. The Balaban J connectivity index is 0.00000289. The van der Waals surface area contributed by atoms with Crippen LogP contribution in [0.4, 0.5) is 4.79 Å². The van der Waals surface area contributed by atoms with Gasteiger partial charge in [-0.15, -0.1) is 19.0 Å². The third-order valence-corrected chi connectivity index (χ3v) is 2.66. The fourth-order valence-electron chi connectivity index (χ4n) is 1.69. The van der Waals surface area contributed by atoms with E-state index in [2.05, 4.69) is 17.2 Å². The Kier molecular flexibility index (Phi) is 8.36. The summed E-state index contributed by atoms with van der Waals surface area (Å²) in [5.74, 6) is -0.290. The molecule has 7 heteroatoms. The Morgan fingerprint density at radius 1 is 1.39 bits per heavy atom. The van der Waals surface area contributed by atoms with Gasteiger partial charge in [0.05, 0.1) is 6.54 Å². The first-order valence-corrected chi connectivity index (χ1v) is 5.78. The zero-order valence-corrected chi connectivity index (χ0v) is 11.2. The normalized spacial score (nSPS) is 16.5. The molecule has 1 aliphatic rings. The van der Waals surface area contributed by atoms with Crippen molar-refractivity contribution in [1.82, 2.24) is 15.5 Å². The van der Waals surface area contributed by atoms with Crippen LogP contribution in [0.25, 0.3) is 0 Å². The number of carbonyl (C=O) groups excluding carboxylic acids is 2. The molecule has 0 bridgehead atoms. The number of piperidine rings is 1. The van der Waals surface area contributed by atoms with Crippen LogP contribution in [0.5, 0.6) is 0 Å². The lowest BCUT2D eigenvalue weighted by molar-refractivity contribution is -0.121. The topological polar surface area (TPSA) is 87.5 Å². The van der Waals surface area contributed by atoms with Crippen molar-refractivity contribution in [3.8, 4) is 0 Å². The standard InChI is InChI=1S/C11H20N4O2.ClH/c1-2-5-13-11(17)14-10(16)8-15-6-3-9(12)4-7-15;/h2,9H,1,3-8,12H2,(H2,13,14,16,17);1H. The van der Waals surface area contributed by atoms with Gasteiger partial charge in [0.1, 0.15) is 0 Å². The molecular weight excluding hydrogens is 256 g/mol. The molecule has 1 saturated heterocycles. The van der Waals surface area contributed by atoms with E-state index in [9.17, 15) is 9.59 Å².